The first kappa shape index (κ1) is 16.7. The molecular weight excluding hydrogens is 353 g/mol. The van der Waals surface area contributed by atoms with E-state index in [2.05, 4.69) is 4.98 Å². The molecule has 1 aromatic carbocycles. The molecule has 0 aliphatic carbocycles. The van der Waals surface area contributed by atoms with Gasteiger partial charge in [0.05, 0.1) is 13.3 Å². The van der Waals surface area contributed by atoms with E-state index in [-0.39, 0.29) is 17.1 Å². The smallest absolute Gasteiger partial charge is 0.426 e. The maximum absolute atomic E-state index is 14.1. The number of nitrogens with one attached hydrogen (secondary N) is 1. The highest BCUT2D eigenvalue weighted by molar-refractivity contribution is 7.90. The minimum absolute atomic E-state index is 0.0371. The number of ether oxygens (including phenoxy) is 2. The minimum atomic E-state index is -4.57. The molecule has 1 amide bonds. The molecule has 0 aliphatic rings. The van der Waals surface area contributed by atoms with Crippen molar-refractivity contribution in [1.82, 2.24) is 14.1 Å². The lowest BCUT2D eigenvalue weighted by Crippen LogP contribution is -2.34. The lowest BCUT2D eigenvalue weighted by Gasteiger charge is -2.08. The summed E-state index contributed by atoms with van der Waals surface area (Å²) in [5.41, 5.74) is 0.0371. The number of rotatable bonds is 4. The Hall–Kier alpha value is -3.14. The van der Waals surface area contributed by atoms with E-state index in [1.165, 1.54) is 37.6 Å². The molecule has 0 fully saturated rings. The maximum atomic E-state index is 14.1. The average molecular weight is 365 g/mol. The molecule has 10 heteroatoms. The van der Waals surface area contributed by atoms with Crippen LogP contribution in [0.3, 0.4) is 0 Å². The van der Waals surface area contributed by atoms with E-state index in [0.717, 1.165) is 4.40 Å². The van der Waals surface area contributed by atoms with Gasteiger partial charge in [0, 0.05) is 0 Å². The third-order valence-corrected chi connectivity index (χ3v) is 4.48. The number of carbonyl (C=O) groups is 1. The monoisotopic (exact) mass is 365 g/mol. The SMILES string of the molecule is COc1ccc2nc(F)c(S(=O)(=O)NC(=O)Oc3ccccc3)n2c1. The molecule has 8 nitrogen and oxygen atoms in total. The van der Waals surface area contributed by atoms with Crippen molar-refractivity contribution in [3.63, 3.8) is 0 Å². The quantitative estimate of drug-likeness (QED) is 0.759. The van der Waals surface area contributed by atoms with Crippen LogP contribution >= 0.6 is 0 Å². The van der Waals surface area contributed by atoms with Crippen molar-refractivity contribution in [2.45, 2.75) is 5.03 Å². The number of para-hydroxylation sites is 1. The lowest BCUT2D eigenvalue weighted by atomic mass is 10.3. The maximum Gasteiger partial charge on any atom is 0.426 e. The highest BCUT2D eigenvalue weighted by atomic mass is 32.2. The minimum Gasteiger partial charge on any atom is -0.495 e. The van der Waals surface area contributed by atoms with Crippen LogP contribution in [0.15, 0.2) is 53.7 Å². The van der Waals surface area contributed by atoms with Gasteiger partial charge in [0.1, 0.15) is 17.1 Å². The number of pyridine rings is 1. The second kappa shape index (κ2) is 6.40. The van der Waals surface area contributed by atoms with E-state index in [0.29, 0.717) is 0 Å². The van der Waals surface area contributed by atoms with Gasteiger partial charge in [-0.2, -0.15) is 17.8 Å². The van der Waals surface area contributed by atoms with Crippen LogP contribution < -0.4 is 14.2 Å². The second-order valence-corrected chi connectivity index (χ2v) is 6.41. The first-order chi connectivity index (χ1) is 11.9. The molecule has 1 N–H and O–H groups in total. The summed E-state index contributed by atoms with van der Waals surface area (Å²) >= 11 is 0. The molecule has 130 valence electrons. The van der Waals surface area contributed by atoms with Crippen molar-refractivity contribution in [2.24, 2.45) is 0 Å². The van der Waals surface area contributed by atoms with Crippen molar-refractivity contribution < 1.29 is 27.1 Å². The summed E-state index contributed by atoms with van der Waals surface area (Å²) in [5, 5.41) is -0.827. The Balaban J connectivity index is 1.93. The molecule has 2 heterocycles. The van der Waals surface area contributed by atoms with Crippen molar-refractivity contribution in [2.75, 3.05) is 7.11 Å². The van der Waals surface area contributed by atoms with Crippen molar-refractivity contribution in [3.05, 3.63) is 54.6 Å². The van der Waals surface area contributed by atoms with Gasteiger partial charge in [-0.15, -0.1) is 0 Å². The molecule has 0 radical (unpaired) electrons. The summed E-state index contributed by atoms with van der Waals surface area (Å²) in [4.78, 5) is 15.3. The van der Waals surface area contributed by atoms with Crippen LogP contribution in [-0.4, -0.2) is 31.0 Å². The van der Waals surface area contributed by atoms with Crippen LogP contribution in [-0.2, 0) is 10.0 Å². The summed E-state index contributed by atoms with van der Waals surface area (Å²) in [5.74, 6) is -0.836. The Morgan fingerprint density at radius 3 is 2.56 bits per heavy atom. The van der Waals surface area contributed by atoms with Gasteiger partial charge in [-0.1, -0.05) is 18.2 Å². The molecule has 0 atom stereocenters. The van der Waals surface area contributed by atoms with Gasteiger partial charge < -0.3 is 9.47 Å². The molecule has 0 spiro atoms. The van der Waals surface area contributed by atoms with Gasteiger partial charge in [-0.05, 0) is 24.3 Å². The number of hydrogen-bond acceptors (Lipinski definition) is 6. The lowest BCUT2D eigenvalue weighted by molar-refractivity contribution is 0.206. The van der Waals surface area contributed by atoms with Crippen LogP contribution in [0.4, 0.5) is 9.18 Å². The van der Waals surface area contributed by atoms with Gasteiger partial charge in [-0.25, -0.2) is 9.52 Å². The van der Waals surface area contributed by atoms with Crippen molar-refractivity contribution >= 4 is 21.8 Å². The Morgan fingerprint density at radius 1 is 1.16 bits per heavy atom. The standard InChI is InChI=1S/C15H12FN3O5S/c1-23-11-7-8-12-17-13(16)14(19(12)9-11)25(21,22)18-15(20)24-10-5-3-2-4-6-10/h2-9H,1H3,(H,18,20). The van der Waals surface area contributed by atoms with E-state index in [1.807, 2.05) is 0 Å². The third-order valence-electron chi connectivity index (χ3n) is 3.17. The number of halogens is 1. The van der Waals surface area contributed by atoms with Gasteiger partial charge in [-0.3, -0.25) is 4.40 Å². The van der Waals surface area contributed by atoms with Crippen LogP contribution in [0.1, 0.15) is 0 Å². The number of carbonyl (C=O) groups excluding carboxylic acids is 1. The van der Waals surface area contributed by atoms with Crippen LogP contribution in [0.25, 0.3) is 5.65 Å². The van der Waals surface area contributed by atoms with E-state index in [1.54, 1.807) is 22.9 Å². The predicted octanol–water partition coefficient (Wildman–Crippen LogP) is 1.96. The van der Waals surface area contributed by atoms with E-state index < -0.39 is 27.1 Å². The number of imidazole rings is 1. The highest BCUT2D eigenvalue weighted by Crippen LogP contribution is 2.20. The fourth-order valence-electron chi connectivity index (χ4n) is 2.11. The van der Waals surface area contributed by atoms with Crippen LogP contribution in [0.5, 0.6) is 11.5 Å². The number of methoxy groups -OCH3 is 1. The third kappa shape index (κ3) is 3.38. The van der Waals surface area contributed by atoms with Gasteiger partial charge in [0.25, 0.3) is 16.0 Å². The fraction of sp³-hybridized carbons (Fsp3) is 0.0667. The molecule has 2 aromatic heterocycles. The predicted molar refractivity (Wildman–Crippen MR) is 84.5 cm³/mol. The molecule has 3 rings (SSSR count). The summed E-state index contributed by atoms with van der Waals surface area (Å²) in [6.45, 7) is 0. The molecule has 0 unspecified atom stereocenters. The summed E-state index contributed by atoms with van der Waals surface area (Å²) in [7, 11) is -3.20. The van der Waals surface area contributed by atoms with Crippen LogP contribution in [0.2, 0.25) is 0 Å². The number of fused-ring (bicyclic) bond motifs is 1. The van der Waals surface area contributed by atoms with Crippen LogP contribution in [0, 0.1) is 5.95 Å². The molecule has 0 saturated heterocycles. The largest absolute Gasteiger partial charge is 0.495 e. The number of hydrogen-bond donors (Lipinski definition) is 1. The first-order valence-electron chi connectivity index (χ1n) is 6.92. The highest BCUT2D eigenvalue weighted by Gasteiger charge is 2.28. The molecule has 0 aliphatic heterocycles. The summed E-state index contributed by atoms with van der Waals surface area (Å²) in [6, 6.07) is 10.7. The van der Waals surface area contributed by atoms with E-state index in [9.17, 15) is 17.6 Å². The number of aromatic nitrogens is 2. The summed E-state index contributed by atoms with van der Waals surface area (Å²) < 4.78 is 51.3. The van der Waals surface area contributed by atoms with Gasteiger partial charge in [0.2, 0.25) is 5.03 Å². The number of sulfonamides is 1. The van der Waals surface area contributed by atoms with E-state index >= 15 is 0 Å². The number of benzene rings is 1. The summed E-state index contributed by atoms with van der Waals surface area (Å²) in [6.07, 6.45) is -0.0360. The fourth-order valence-corrected chi connectivity index (χ4v) is 3.14. The Morgan fingerprint density at radius 2 is 1.88 bits per heavy atom. The first-order valence-corrected chi connectivity index (χ1v) is 8.40. The van der Waals surface area contributed by atoms with Gasteiger partial charge in [0.15, 0.2) is 0 Å². The molecule has 3 aromatic rings. The molecule has 0 bridgehead atoms. The topological polar surface area (TPSA) is 99.0 Å². The number of amides is 1. The van der Waals surface area contributed by atoms with E-state index in [4.69, 9.17) is 9.47 Å². The average Bonchev–Trinajstić information content (AvgIpc) is 2.90. The van der Waals surface area contributed by atoms with Gasteiger partial charge >= 0.3 is 6.09 Å². The number of nitrogens with zero attached hydrogens (tertiary/aromatic N) is 2. The zero-order valence-electron chi connectivity index (χ0n) is 12.8. The molecular formula is C15H12FN3O5S. The normalized spacial score (nSPS) is 11.3. The van der Waals surface area contributed by atoms with Crippen molar-refractivity contribution in [1.29, 1.82) is 0 Å². The Bertz CT molecular complexity index is 1030. The Kier molecular flexibility index (Phi) is 4.28. The zero-order chi connectivity index (χ0) is 18.0. The molecule has 0 saturated carbocycles. The molecule has 25 heavy (non-hydrogen) atoms. The van der Waals surface area contributed by atoms with Crippen molar-refractivity contribution in [3.8, 4) is 11.5 Å². The zero-order valence-corrected chi connectivity index (χ0v) is 13.7. The Labute approximate surface area is 141 Å². The second-order valence-electron chi connectivity index (χ2n) is 4.81.